The fourth-order valence-electron chi connectivity index (χ4n) is 1.93. The Balaban J connectivity index is 2.42. The van der Waals surface area contributed by atoms with E-state index in [1.807, 2.05) is 13.8 Å². The van der Waals surface area contributed by atoms with Gasteiger partial charge < -0.3 is 14.6 Å². The highest BCUT2D eigenvalue weighted by Crippen LogP contribution is 2.34. The lowest BCUT2D eigenvalue weighted by Gasteiger charge is -2.14. The molecule has 5 nitrogen and oxygen atoms in total. The van der Waals surface area contributed by atoms with Gasteiger partial charge in [0.2, 0.25) is 0 Å². The molecule has 1 heterocycles. The minimum Gasteiger partial charge on any atom is -0.497 e. The number of hydrogen-bond acceptors (Lipinski definition) is 6. The number of nitrogens with zero attached hydrogens (tertiary/aromatic N) is 2. The first-order valence-corrected chi connectivity index (χ1v) is 7.07. The summed E-state index contributed by atoms with van der Waals surface area (Å²) in [6.45, 7) is 4.05. The smallest absolute Gasteiger partial charge is 0.122 e. The van der Waals surface area contributed by atoms with Crippen molar-refractivity contribution in [3.63, 3.8) is 0 Å². The number of hydrogen-bond donors (Lipinski definition) is 1. The van der Waals surface area contributed by atoms with Gasteiger partial charge in [-0.3, -0.25) is 0 Å². The van der Waals surface area contributed by atoms with Crippen LogP contribution in [0.3, 0.4) is 0 Å². The van der Waals surface area contributed by atoms with Gasteiger partial charge in [-0.15, -0.1) is 5.10 Å². The van der Waals surface area contributed by atoms with Crippen molar-refractivity contribution in [1.29, 1.82) is 0 Å². The maximum Gasteiger partial charge on any atom is 0.122 e. The Morgan fingerprint density at radius 2 is 1.70 bits per heavy atom. The summed E-state index contributed by atoms with van der Waals surface area (Å²) >= 11 is 1.21. The highest BCUT2D eigenvalue weighted by molar-refractivity contribution is 7.05. The first-order valence-electron chi connectivity index (χ1n) is 6.30. The molecule has 0 aliphatic carbocycles. The number of aliphatic hydroxyl groups is 1. The zero-order valence-electron chi connectivity index (χ0n) is 12.0. The molecule has 0 saturated heterocycles. The van der Waals surface area contributed by atoms with Gasteiger partial charge >= 0.3 is 0 Å². The van der Waals surface area contributed by atoms with Gasteiger partial charge in [-0.25, -0.2) is 0 Å². The molecule has 0 bridgehead atoms. The maximum absolute atomic E-state index is 10.6. The maximum atomic E-state index is 10.6. The number of aromatic nitrogens is 2. The van der Waals surface area contributed by atoms with Crippen molar-refractivity contribution >= 4 is 11.5 Å². The van der Waals surface area contributed by atoms with Crippen molar-refractivity contribution in [2.75, 3.05) is 14.2 Å². The molecule has 0 radical (unpaired) electrons. The molecule has 2 rings (SSSR count). The normalized spacial score (nSPS) is 12.5. The van der Waals surface area contributed by atoms with Gasteiger partial charge in [-0.1, -0.05) is 18.3 Å². The minimum atomic E-state index is -0.781. The first kappa shape index (κ1) is 14.7. The molecule has 6 heteroatoms. The molecule has 1 unspecified atom stereocenters. The number of aliphatic hydroxyl groups excluding tert-OH is 1. The summed E-state index contributed by atoms with van der Waals surface area (Å²) in [5.41, 5.74) is 1.53. The van der Waals surface area contributed by atoms with Crippen LogP contribution in [0.4, 0.5) is 0 Å². The fraction of sp³-hybridized carbons (Fsp3) is 0.429. The number of ether oxygens (including phenoxy) is 2. The lowest BCUT2D eigenvalue weighted by atomic mass is 10.0. The van der Waals surface area contributed by atoms with E-state index in [2.05, 4.69) is 9.59 Å². The van der Waals surface area contributed by atoms with E-state index in [0.717, 1.165) is 10.6 Å². The molecule has 2 aromatic rings. The Labute approximate surface area is 122 Å². The molecular weight excluding hydrogens is 276 g/mol. The molecule has 1 aromatic carbocycles. The molecule has 1 atom stereocenters. The van der Waals surface area contributed by atoms with Crippen LogP contribution in [0.2, 0.25) is 0 Å². The van der Waals surface area contributed by atoms with Crippen molar-refractivity contribution in [2.45, 2.75) is 25.9 Å². The number of benzene rings is 1. The monoisotopic (exact) mass is 294 g/mol. The van der Waals surface area contributed by atoms with Crippen molar-refractivity contribution in [3.05, 3.63) is 34.3 Å². The van der Waals surface area contributed by atoms with Crippen LogP contribution in [0.25, 0.3) is 0 Å². The summed E-state index contributed by atoms with van der Waals surface area (Å²) in [6, 6.07) is 5.35. The lowest BCUT2D eigenvalue weighted by Crippen LogP contribution is -2.03. The van der Waals surface area contributed by atoms with Crippen molar-refractivity contribution < 1.29 is 14.6 Å². The van der Waals surface area contributed by atoms with Crippen LogP contribution >= 0.6 is 11.5 Å². The van der Waals surface area contributed by atoms with E-state index in [-0.39, 0.29) is 5.92 Å². The van der Waals surface area contributed by atoms with Gasteiger partial charge in [-0.2, -0.15) is 0 Å². The molecule has 0 aliphatic rings. The van der Waals surface area contributed by atoms with E-state index in [1.165, 1.54) is 11.5 Å². The standard InChI is InChI=1S/C14H18N2O3S/c1-8(2)12-14(20-16-15-12)13(17)9-5-10(18-3)7-11(6-9)19-4/h5-8,13,17H,1-4H3. The van der Waals surface area contributed by atoms with Gasteiger partial charge in [0, 0.05) is 6.07 Å². The number of methoxy groups -OCH3 is 2. The third-order valence-corrected chi connectivity index (χ3v) is 3.82. The Morgan fingerprint density at radius 1 is 1.10 bits per heavy atom. The second-order valence-corrected chi connectivity index (χ2v) is 5.51. The third kappa shape index (κ3) is 2.91. The highest BCUT2D eigenvalue weighted by Gasteiger charge is 2.21. The quantitative estimate of drug-likeness (QED) is 0.918. The molecule has 0 aliphatic heterocycles. The van der Waals surface area contributed by atoms with Gasteiger partial charge in [0.25, 0.3) is 0 Å². The predicted octanol–water partition coefficient (Wildman–Crippen LogP) is 2.76. The van der Waals surface area contributed by atoms with Crippen LogP contribution in [-0.4, -0.2) is 28.9 Å². The second-order valence-electron chi connectivity index (χ2n) is 4.73. The minimum absolute atomic E-state index is 0.214. The Kier molecular flexibility index (Phi) is 4.57. The van der Waals surface area contributed by atoms with Gasteiger partial charge in [-0.05, 0) is 35.1 Å². The van der Waals surface area contributed by atoms with Crippen LogP contribution in [-0.2, 0) is 0 Å². The molecule has 108 valence electrons. The Hall–Kier alpha value is -1.66. The topological polar surface area (TPSA) is 64.5 Å². The average Bonchev–Trinajstić information content (AvgIpc) is 2.95. The van der Waals surface area contributed by atoms with Crippen LogP contribution in [0.15, 0.2) is 18.2 Å². The summed E-state index contributed by atoms with van der Waals surface area (Å²) in [4.78, 5) is 0.760. The molecule has 20 heavy (non-hydrogen) atoms. The van der Waals surface area contributed by atoms with Crippen LogP contribution in [0.1, 0.15) is 42.0 Å². The van der Waals surface area contributed by atoms with E-state index in [1.54, 1.807) is 32.4 Å². The lowest BCUT2D eigenvalue weighted by molar-refractivity contribution is 0.221. The Morgan fingerprint density at radius 3 is 2.20 bits per heavy atom. The van der Waals surface area contributed by atoms with Crippen LogP contribution < -0.4 is 9.47 Å². The average molecular weight is 294 g/mol. The largest absolute Gasteiger partial charge is 0.497 e. The van der Waals surface area contributed by atoms with E-state index in [9.17, 15) is 5.11 Å². The van der Waals surface area contributed by atoms with Gasteiger partial charge in [0.05, 0.1) is 24.8 Å². The zero-order valence-corrected chi connectivity index (χ0v) is 12.8. The second kappa shape index (κ2) is 6.19. The predicted molar refractivity (Wildman–Crippen MR) is 77.6 cm³/mol. The van der Waals surface area contributed by atoms with Gasteiger partial charge in [0.15, 0.2) is 0 Å². The molecule has 0 fully saturated rings. The third-order valence-electron chi connectivity index (χ3n) is 3.02. The molecular formula is C14H18N2O3S. The zero-order chi connectivity index (χ0) is 14.7. The Bertz CT molecular complexity index is 561. The van der Waals surface area contributed by atoms with E-state index < -0.39 is 6.10 Å². The highest BCUT2D eigenvalue weighted by atomic mass is 32.1. The van der Waals surface area contributed by atoms with Crippen molar-refractivity contribution in [2.24, 2.45) is 0 Å². The molecule has 1 N–H and O–H groups in total. The van der Waals surface area contributed by atoms with Crippen molar-refractivity contribution in [3.8, 4) is 11.5 Å². The summed E-state index contributed by atoms with van der Waals surface area (Å²) < 4.78 is 14.4. The molecule has 0 amide bonds. The van der Waals surface area contributed by atoms with E-state index in [4.69, 9.17) is 9.47 Å². The summed E-state index contributed by atoms with van der Waals surface area (Å²) in [5, 5.41) is 14.7. The summed E-state index contributed by atoms with van der Waals surface area (Å²) in [6.07, 6.45) is -0.781. The number of rotatable bonds is 5. The van der Waals surface area contributed by atoms with E-state index >= 15 is 0 Å². The SMILES string of the molecule is COc1cc(OC)cc(C(O)c2snnc2C(C)C)c1. The van der Waals surface area contributed by atoms with Crippen LogP contribution in [0.5, 0.6) is 11.5 Å². The molecule has 0 saturated carbocycles. The van der Waals surface area contributed by atoms with Crippen molar-refractivity contribution in [1.82, 2.24) is 9.59 Å². The molecule has 0 spiro atoms. The summed E-state index contributed by atoms with van der Waals surface area (Å²) in [7, 11) is 3.16. The van der Waals surface area contributed by atoms with E-state index in [0.29, 0.717) is 17.1 Å². The fourth-order valence-corrected chi connectivity index (χ4v) is 2.76. The van der Waals surface area contributed by atoms with Crippen LogP contribution in [0, 0.1) is 0 Å². The summed E-state index contributed by atoms with van der Waals surface area (Å²) in [5.74, 6) is 1.50. The first-order chi connectivity index (χ1) is 9.56. The molecule has 1 aromatic heterocycles. The van der Waals surface area contributed by atoms with Gasteiger partial charge in [0.1, 0.15) is 17.6 Å².